The maximum atomic E-state index is 2.64. The Bertz CT molecular complexity index is 3420. The Balaban J connectivity index is 1.21. The largest absolute Gasteiger partial charge is 0.312 e. The number of rotatable bonds is 4. The minimum atomic E-state index is -0.0371. The summed E-state index contributed by atoms with van der Waals surface area (Å²) in [5.74, 6) is 0. The highest BCUT2D eigenvalue weighted by molar-refractivity contribution is 7.03. The molecule has 0 spiro atoms. The minimum absolute atomic E-state index is 0.0342. The zero-order valence-electron chi connectivity index (χ0n) is 31.7. The first-order chi connectivity index (χ1) is 28.8. The number of anilines is 3. The molecule has 13 rings (SSSR count). The third-order valence-corrected chi connectivity index (χ3v) is 13.1. The lowest BCUT2D eigenvalue weighted by molar-refractivity contribution is 1.31. The van der Waals surface area contributed by atoms with Gasteiger partial charge in [-0.2, -0.15) is 0 Å². The second-order valence-electron chi connectivity index (χ2n) is 15.9. The lowest BCUT2D eigenvalue weighted by Crippen LogP contribution is -2.65. The molecule has 4 heterocycles. The Morgan fingerprint density at radius 2 is 0.845 bits per heavy atom. The Hall–Kier alpha value is -7.29. The van der Waals surface area contributed by atoms with Crippen molar-refractivity contribution in [3.8, 4) is 22.3 Å². The fraction of sp³-hybridized carbons (Fsp3) is 0. The molecule has 0 saturated carbocycles. The van der Waals surface area contributed by atoms with Gasteiger partial charge in [0.2, 0.25) is 13.4 Å². The average Bonchev–Trinajstić information content (AvgIpc) is 3.82. The molecule has 0 bridgehead atoms. The van der Waals surface area contributed by atoms with Crippen molar-refractivity contribution in [1.82, 2.24) is 4.40 Å². The molecule has 2 aliphatic heterocycles. The van der Waals surface area contributed by atoms with E-state index >= 15 is 0 Å². The maximum Gasteiger partial charge on any atom is 0.248 e. The van der Waals surface area contributed by atoms with Gasteiger partial charge in [0.1, 0.15) is 0 Å². The van der Waals surface area contributed by atoms with E-state index in [9.17, 15) is 0 Å². The van der Waals surface area contributed by atoms with Gasteiger partial charge in [0, 0.05) is 38.6 Å². The second kappa shape index (κ2) is 12.1. The van der Waals surface area contributed by atoms with Crippen LogP contribution in [0, 0.1) is 0 Å². The monoisotopic (exact) mass is 732 g/mol. The fourth-order valence-corrected chi connectivity index (χ4v) is 10.9. The van der Waals surface area contributed by atoms with Crippen LogP contribution in [-0.4, -0.2) is 17.8 Å². The molecule has 0 fully saturated rings. The molecule has 0 N–H and O–H groups in total. The van der Waals surface area contributed by atoms with Crippen molar-refractivity contribution in [3.63, 3.8) is 0 Å². The van der Waals surface area contributed by atoms with Crippen LogP contribution in [-0.2, 0) is 0 Å². The van der Waals surface area contributed by atoms with Gasteiger partial charge in [-0.15, -0.1) is 0 Å². The Labute approximate surface area is 337 Å². The Kier molecular flexibility index (Phi) is 6.65. The predicted octanol–water partition coefficient (Wildman–Crippen LogP) is 9.30. The number of nitrogens with zero attached hydrogens (tertiary/aromatic N) is 2. The smallest absolute Gasteiger partial charge is 0.248 e. The molecule has 0 aliphatic carbocycles. The van der Waals surface area contributed by atoms with Crippen LogP contribution in [0.3, 0.4) is 0 Å². The molecular weight excluding hydrogens is 698 g/mol. The number of hydrogen-bond donors (Lipinski definition) is 0. The molecule has 9 aromatic carbocycles. The van der Waals surface area contributed by atoms with E-state index < -0.39 is 0 Å². The summed E-state index contributed by atoms with van der Waals surface area (Å²) >= 11 is 0. The van der Waals surface area contributed by atoms with Crippen LogP contribution >= 0.6 is 0 Å². The highest BCUT2D eigenvalue weighted by Crippen LogP contribution is 2.46. The van der Waals surface area contributed by atoms with Gasteiger partial charge >= 0.3 is 0 Å². The van der Waals surface area contributed by atoms with E-state index in [0.717, 1.165) is 0 Å². The van der Waals surface area contributed by atoms with Gasteiger partial charge in [-0.05, 0) is 68.4 Å². The zero-order chi connectivity index (χ0) is 37.9. The zero-order valence-corrected chi connectivity index (χ0v) is 31.7. The molecule has 58 heavy (non-hydrogen) atoms. The van der Waals surface area contributed by atoms with Gasteiger partial charge in [0.15, 0.2) is 0 Å². The molecule has 0 unspecified atom stereocenters. The molecule has 2 aliphatic rings. The summed E-state index contributed by atoms with van der Waals surface area (Å²) in [5.41, 5.74) is 20.7. The van der Waals surface area contributed by atoms with Crippen molar-refractivity contribution in [1.29, 1.82) is 0 Å². The van der Waals surface area contributed by atoms with E-state index in [1.807, 2.05) is 0 Å². The third-order valence-electron chi connectivity index (χ3n) is 13.1. The number of benzene rings is 9. The highest BCUT2D eigenvalue weighted by Gasteiger charge is 2.45. The average molecular weight is 733 g/mol. The number of para-hydroxylation sites is 4. The quantitative estimate of drug-likeness (QED) is 0.164. The van der Waals surface area contributed by atoms with Crippen molar-refractivity contribution < 1.29 is 0 Å². The molecular formula is C54H34B2N2. The van der Waals surface area contributed by atoms with Crippen LogP contribution in [0.25, 0.3) is 60.3 Å². The first kappa shape index (κ1) is 31.9. The number of hydrogen-bond acceptors (Lipinski definition) is 1. The molecule has 0 saturated heterocycles. The fourth-order valence-electron chi connectivity index (χ4n) is 10.9. The van der Waals surface area contributed by atoms with Crippen molar-refractivity contribution >= 4 is 101 Å². The van der Waals surface area contributed by atoms with Crippen molar-refractivity contribution in [2.75, 3.05) is 4.90 Å². The van der Waals surface area contributed by atoms with Crippen LogP contribution < -0.4 is 37.7 Å². The Morgan fingerprint density at radius 1 is 0.345 bits per heavy atom. The van der Waals surface area contributed by atoms with Crippen LogP contribution in [0.5, 0.6) is 0 Å². The van der Waals surface area contributed by atoms with E-state index in [2.05, 4.69) is 216 Å². The van der Waals surface area contributed by atoms with Gasteiger partial charge in [-0.3, -0.25) is 0 Å². The molecule has 0 radical (unpaired) electrons. The summed E-state index contributed by atoms with van der Waals surface area (Å²) in [6.45, 7) is -0.00296. The number of fused-ring (bicyclic) bond motifs is 11. The van der Waals surface area contributed by atoms with Crippen molar-refractivity contribution in [2.24, 2.45) is 0 Å². The molecule has 0 amide bonds. The lowest BCUT2D eigenvalue weighted by Gasteiger charge is -2.44. The molecule has 4 heteroatoms. The van der Waals surface area contributed by atoms with Gasteiger partial charge < -0.3 is 9.30 Å². The summed E-state index contributed by atoms with van der Waals surface area (Å²) < 4.78 is 2.53. The highest BCUT2D eigenvalue weighted by atomic mass is 15.2. The number of aromatic nitrogens is 1. The molecule has 2 aromatic heterocycles. The first-order valence-electron chi connectivity index (χ1n) is 20.4. The summed E-state index contributed by atoms with van der Waals surface area (Å²) in [5, 5.41) is 5.23. The molecule has 266 valence electrons. The maximum absolute atomic E-state index is 2.64. The van der Waals surface area contributed by atoms with E-state index in [-0.39, 0.29) is 13.4 Å². The summed E-state index contributed by atoms with van der Waals surface area (Å²) in [7, 11) is 0. The molecule has 0 atom stereocenters. The SMILES string of the molecule is c1ccc(-c2ccccc2B2c3ccccc3N3c4cc5c6ccccc6n6c7ccccc7c(c4B(c4ccccc4-c4ccccc4)c4cccc2c43)c56)cc1. The van der Waals surface area contributed by atoms with Gasteiger partial charge in [-0.25, -0.2) is 0 Å². The third kappa shape index (κ3) is 4.24. The van der Waals surface area contributed by atoms with E-state index in [4.69, 9.17) is 0 Å². The van der Waals surface area contributed by atoms with Crippen LogP contribution in [0.15, 0.2) is 206 Å². The minimum Gasteiger partial charge on any atom is -0.312 e. The Morgan fingerprint density at radius 3 is 1.53 bits per heavy atom. The molecule has 11 aromatic rings. The van der Waals surface area contributed by atoms with Crippen LogP contribution in [0.1, 0.15) is 0 Å². The normalized spacial score (nSPS) is 13.1. The van der Waals surface area contributed by atoms with Gasteiger partial charge in [0.05, 0.1) is 16.6 Å². The van der Waals surface area contributed by atoms with Gasteiger partial charge in [0.25, 0.3) is 0 Å². The first-order valence-corrected chi connectivity index (χ1v) is 20.4. The predicted molar refractivity (Wildman–Crippen MR) is 249 cm³/mol. The van der Waals surface area contributed by atoms with E-state index in [1.165, 1.54) is 110 Å². The summed E-state index contributed by atoms with van der Waals surface area (Å²) in [6, 6.07) is 76.9. The standard InChI is InChI=1S/C54H34B2N2/c1-3-18-35(19-4-1)37-22-7-11-26-42(37)55-44-28-13-16-33-49(44)58-50-34-41-39-24-9-14-31-47(39)57-48-32-15-10-25-40(48)51(53(41)57)52(50)56(46-30-17-29-45(55)54(46)58)43-27-12-8-23-38(43)36-20-5-2-6-21-36/h1-34H. The lowest BCUT2D eigenvalue weighted by atomic mass is 9.29. The van der Waals surface area contributed by atoms with Crippen molar-refractivity contribution in [2.45, 2.75) is 0 Å². The summed E-state index contributed by atoms with van der Waals surface area (Å²) in [6.07, 6.45) is 0. The molecule has 2 nitrogen and oxygen atoms in total. The van der Waals surface area contributed by atoms with E-state index in [0.29, 0.717) is 0 Å². The van der Waals surface area contributed by atoms with Crippen molar-refractivity contribution in [3.05, 3.63) is 206 Å². The second-order valence-corrected chi connectivity index (χ2v) is 15.9. The summed E-state index contributed by atoms with van der Waals surface area (Å²) in [4.78, 5) is 2.64. The van der Waals surface area contributed by atoms with Crippen LogP contribution in [0.4, 0.5) is 17.1 Å². The van der Waals surface area contributed by atoms with E-state index in [1.54, 1.807) is 0 Å². The van der Waals surface area contributed by atoms with Gasteiger partial charge in [-0.1, -0.05) is 193 Å². The topological polar surface area (TPSA) is 7.65 Å². The van der Waals surface area contributed by atoms with Crippen LogP contribution in [0.2, 0.25) is 0 Å².